The molecule has 4 heteroatoms. The summed E-state index contributed by atoms with van der Waals surface area (Å²) in [5.74, 6) is -0.677. The summed E-state index contributed by atoms with van der Waals surface area (Å²) in [7, 11) is 0. The van der Waals surface area contributed by atoms with Crippen LogP contribution in [0, 0.1) is 5.82 Å². The van der Waals surface area contributed by atoms with Gasteiger partial charge in [0.2, 0.25) is 5.91 Å². The van der Waals surface area contributed by atoms with E-state index in [0.29, 0.717) is 6.54 Å². The van der Waals surface area contributed by atoms with Crippen molar-refractivity contribution < 1.29 is 9.18 Å². The Bertz CT molecular complexity index is 566. The second-order valence-electron chi connectivity index (χ2n) is 4.46. The van der Waals surface area contributed by atoms with Gasteiger partial charge in [0.05, 0.1) is 6.42 Å². The molecule has 0 aliphatic carbocycles. The van der Waals surface area contributed by atoms with E-state index in [4.69, 9.17) is 11.6 Å². The van der Waals surface area contributed by atoms with Crippen molar-refractivity contribution in [2.75, 3.05) is 6.54 Å². The molecule has 2 aromatic carbocycles. The van der Waals surface area contributed by atoms with Crippen LogP contribution in [0.5, 0.6) is 0 Å². The molecule has 0 radical (unpaired) electrons. The number of amides is 1. The fourth-order valence-electron chi connectivity index (χ4n) is 1.92. The van der Waals surface area contributed by atoms with E-state index in [-0.39, 0.29) is 22.9 Å². The number of hydrogen-bond acceptors (Lipinski definition) is 1. The van der Waals surface area contributed by atoms with E-state index in [2.05, 4.69) is 5.32 Å². The molecule has 2 aromatic rings. The highest BCUT2D eigenvalue weighted by molar-refractivity contribution is 6.31. The molecule has 20 heavy (non-hydrogen) atoms. The molecule has 0 saturated heterocycles. The molecular weight excluding hydrogens is 277 g/mol. The van der Waals surface area contributed by atoms with Crippen LogP contribution in [0.1, 0.15) is 11.1 Å². The molecule has 0 fully saturated rings. The van der Waals surface area contributed by atoms with Crippen molar-refractivity contribution >= 4 is 17.5 Å². The normalized spacial score (nSPS) is 10.3. The van der Waals surface area contributed by atoms with Gasteiger partial charge in [-0.3, -0.25) is 4.79 Å². The molecule has 0 bridgehead atoms. The summed E-state index contributed by atoms with van der Waals surface area (Å²) in [5.41, 5.74) is 1.39. The first kappa shape index (κ1) is 14.5. The minimum absolute atomic E-state index is 0.0414. The second-order valence-corrected chi connectivity index (χ2v) is 4.87. The number of nitrogens with one attached hydrogen (secondary N) is 1. The van der Waals surface area contributed by atoms with Gasteiger partial charge >= 0.3 is 0 Å². The van der Waals surface area contributed by atoms with E-state index in [1.807, 2.05) is 30.3 Å². The molecule has 0 aromatic heterocycles. The van der Waals surface area contributed by atoms with Crippen LogP contribution in [0.2, 0.25) is 5.02 Å². The Balaban J connectivity index is 1.84. The quantitative estimate of drug-likeness (QED) is 0.899. The number of benzene rings is 2. The van der Waals surface area contributed by atoms with Gasteiger partial charge in [-0.15, -0.1) is 0 Å². The fraction of sp³-hybridized carbons (Fsp3) is 0.188. The lowest BCUT2D eigenvalue weighted by Gasteiger charge is -2.07. The molecule has 1 N–H and O–H groups in total. The number of rotatable bonds is 5. The van der Waals surface area contributed by atoms with Gasteiger partial charge in [0.1, 0.15) is 5.82 Å². The summed E-state index contributed by atoms with van der Waals surface area (Å²) in [4.78, 5) is 11.8. The van der Waals surface area contributed by atoms with Crippen molar-refractivity contribution in [2.45, 2.75) is 12.8 Å². The Kier molecular flexibility index (Phi) is 5.13. The molecule has 0 unspecified atom stereocenters. The smallest absolute Gasteiger partial charge is 0.224 e. The SMILES string of the molecule is O=C(Cc1c(F)cccc1Cl)NCCc1ccccc1. The monoisotopic (exact) mass is 291 g/mol. The van der Waals surface area contributed by atoms with E-state index in [0.717, 1.165) is 12.0 Å². The maximum Gasteiger partial charge on any atom is 0.224 e. The van der Waals surface area contributed by atoms with Gasteiger partial charge in [-0.2, -0.15) is 0 Å². The van der Waals surface area contributed by atoms with Gasteiger partial charge in [-0.05, 0) is 24.1 Å². The van der Waals surface area contributed by atoms with Gasteiger partial charge in [-0.25, -0.2) is 4.39 Å². The molecule has 104 valence electrons. The van der Waals surface area contributed by atoms with Crippen LogP contribution in [0.15, 0.2) is 48.5 Å². The Morgan fingerprint density at radius 3 is 2.55 bits per heavy atom. The van der Waals surface area contributed by atoms with Crippen LogP contribution in [-0.4, -0.2) is 12.5 Å². The largest absolute Gasteiger partial charge is 0.355 e. The van der Waals surface area contributed by atoms with Gasteiger partial charge in [0.25, 0.3) is 0 Å². The van der Waals surface area contributed by atoms with Crippen LogP contribution < -0.4 is 5.32 Å². The lowest BCUT2D eigenvalue weighted by molar-refractivity contribution is -0.120. The Hall–Kier alpha value is -1.87. The number of carbonyl (C=O) groups is 1. The lowest BCUT2D eigenvalue weighted by Crippen LogP contribution is -2.27. The molecular formula is C16H15ClFNO. The van der Waals surface area contributed by atoms with Crippen LogP contribution in [0.25, 0.3) is 0 Å². The zero-order valence-corrected chi connectivity index (χ0v) is 11.7. The van der Waals surface area contributed by atoms with Crippen molar-refractivity contribution in [3.63, 3.8) is 0 Å². The predicted molar refractivity (Wildman–Crippen MR) is 78.3 cm³/mol. The number of halogens is 2. The standard InChI is InChI=1S/C16H15ClFNO/c17-14-7-4-8-15(18)13(14)11-16(20)19-10-9-12-5-2-1-3-6-12/h1-8H,9-11H2,(H,19,20). The molecule has 2 nitrogen and oxygen atoms in total. The molecule has 1 amide bonds. The molecule has 0 saturated carbocycles. The first-order chi connectivity index (χ1) is 9.66. The van der Waals surface area contributed by atoms with Crippen molar-refractivity contribution in [1.29, 1.82) is 0 Å². The van der Waals surface area contributed by atoms with Crippen LogP contribution in [0.4, 0.5) is 4.39 Å². The Morgan fingerprint density at radius 2 is 1.85 bits per heavy atom. The van der Waals surface area contributed by atoms with Crippen LogP contribution in [-0.2, 0) is 17.6 Å². The highest BCUT2D eigenvalue weighted by atomic mass is 35.5. The molecule has 0 heterocycles. The summed E-state index contributed by atoms with van der Waals surface area (Å²) in [6.45, 7) is 0.523. The highest BCUT2D eigenvalue weighted by Gasteiger charge is 2.11. The van der Waals surface area contributed by atoms with Crippen molar-refractivity contribution in [3.8, 4) is 0 Å². The topological polar surface area (TPSA) is 29.1 Å². The minimum atomic E-state index is -0.448. The summed E-state index contributed by atoms with van der Waals surface area (Å²) < 4.78 is 13.5. The molecule has 0 atom stereocenters. The third kappa shape index (κ3) is 4.07. The number of carbonyl (C=O) groups excluding carboxylic acids is 1. The fourth-order valence-corrected chi connectivity index (χ4v) is 2.15. The summed E-state index contributed by atoms with van der Waals surface area (Å²) in [5, 5.41) is 3.05. The Morgan fingerprint density at radius 1 is 1.10 bits per heavy atom. The summed E-state index contributed by atoms with van der Waals surface area (Å²) >= 11 is 5.88. The molecule has 0 spiro atoms. The Labute approximate surface area is 122 Å². The van der Waals surface area contributed by atoms with Gasteiger partial charge in [0, 0.05) is 17.1 Å². The first-order valence-electron chi connectivity index (χ1n) is 6.40. The maximum absolute atomic E-state index is 13.5. The minimum Gasteiger partial charge on any atom is -0.355 e. The van der Waals surface area contributed by atoms with Crippen molar-refractivity contribution in [3.05, 3.63) is 70.5 Å². The van der Waals surface area contributed by atoms with Crippen LogP contribution in [0.3, 0.4) is 0 Å². The van der Waals surface area contributed by atoms with E-state index in [1.54, 1.807) is 6.07 Å². The number of hydrogen-bond donors (Lipinski definition) is 1. The van der Waals surface area contributed by atoms with E-state index >= 15 is 0 Å². The van der Waals surface area contributed by atoms with Gasteiger partial charge in [-0.1, -0.05) is 48.0 Å². The van der Waals surface area contributed by atoms with E-state index in [9.17, 15) is 9.18 Å². The van der Waals surface area contributed by atoms with Crippen molar-refractivity contribution in [1.82, 2.24) is 5.32 Å². The molecule has 0 aliphatic heterocycles. The maximum atomic E-state index is 13.5. The molecule has 2 rings (SSSR count). The predicted octanol–water partition coefficient (Wildman–Crippen LogP) is 3.38. The van der Waals surface area contributed by atoms with Gasteiger partial charge in [0.15, 0.2) is 0 Å². The van der Waals surface area contributed by atoms with Crippen LogP contribution >= 0.6 is 11.6 Å². The molecule has 0 aliphatic rings. The highest BCUT2D eigenvalue weighted by Crippen LogP contribution is 2.19. The zero-order chi connectivity index (χ0) is 14.4. The van der Waals surface area contributed by atoms with Crippen molar-refractivity contribution in [2.24, 2.45) is 0 Å². The second kappa shape index (κ2) is 7.06. The zero-order valence-electron chi connectivity index (χ0n) is 10.9. The lowest BCUT2D eigenvalue weighted by atomic mass is 10.1. The third-order valence-corrected chi connectivity index (χ3v) is 3.33. The average molecular weight is 292 g/mol. The van der Waals surface area contributed by atoms with E-state index in [1.165, 1.54) is 12.1 Å². The van der Waals surface area contributed by atoms with E-state index < -0.39 is 5.82 Å². The third-order valence-electron chi connectivity index (χ3n) is 2.98. The summed E-state index contributed by atoms with van der Waals surface area (Å²) in [6, 6.07) is 14.3. The van der Waals surface area contributed by atoms with Gasteiger partial charge < -0.3 is 5.32 Å². The average Bonchev–Trinajstić information content (AvgIpc) is 2.44. The first-order valence-corrected chi connectivity index (χ1v) is 6.78. The summed E-state index contributed by atoms with van der Waals surface area (Å²) in [6.07, 6.45) is 0.706.